The number of halogens is 4. The molecule has 2 aliphatic heterocycles. The van der Waals surface area contributed by atoms with E-state index in [1.165, 1.54) is 28.3 Å². The van der Waals surface area contributed by atoms with E-state index < -0.39 is 24.6 Å². The Kier molecular flexibility index (Phi) is 9.67. The topological polar surface area (TPSA) is 96.5 Å². The maximum atomic E-state index is 16.3. The highest BCUT2D eigenvalue weighted by molar-refractivity contribution is 7.18. The Labute approximate surface area is 310 Å². The average molecular weight is 759 g/mol. The molecular formula is C39H34F4N6O4S. The van der Waals surface area contributed by atoms with Crippen molar-refractivity contribution >= 4 is 38.2 Å². The predicted octanol–water partition coefficient (Wildman–Crippen LogP) is 8.21. The quantitative estimate of drug-likeness (QED) is 0.102. The first kappa shape index (κ1) is 35.5. The van der Waals surface area contributed by atoms with E-state index in [2.05, 4.69) is 11.7 Å². The molecule has 6 aromatic rings. The number of ether oxygens (including phenoxy) is 3. The van der Waals surface area contributed by atoms with Gasteiger partial charge in [0.05, 0.1) is 54.5 Å². The van der Waals surface area contributed by atoms with Gasteiger partial charge in [0.1, 0.15) is 54.3 Å². The van der Waals surface area contributed by atoms with Gasteiger partial charge in [-0.15, -0.1) is 11.3 Å². The van der Waals surface area contributed by atoms with Gasteiger partial charge in [-0.25, -0.2) is 22.5 Å². The molecule has 0 unspecified atom stereocenters. The van der Waals surface area contributed by atoms with Gasteiger partial charge in [-0.05, 0) is 43.0 Å². The van der Waals surface area contributed by atoms with Crippen LogP contribution < -0.4 is 9.47 Å². The maximum absolute atomic E-state index is 16.3. The first-order valence-corrected chi connectivity index (χ1v) is 18.3. The molecule has 0 spiro atoms. The molecule has 0 fully saturated rings. The molecule has 1 atom stereocenters. The fraction of sp³-hybridized carbons (Fsp3) is 0.282. The third-order valence-corrected chi connectivity index (χ3v) is 10.5. The van der Waals surface area contributed by atoms with Gasteiger partial charge < -0.3 is 19.1 Å². The zero-order chi connectivity index (χ0) is 37.5. The van der Waals surface area contributed by atoms with Crippen LogP contribution in [0.5, 0.6) is 11.5 Å². The molecule has 1 amide bonds. The van der Waals surface area contributed by atoms with Crippen molar-refractivity contribution in [2.75, 3.05) is 33.0 Å². The molecule has 2 aliphatic rings. The Hall–Kier alpha value is -5.54. The van der Waals surface area contributed by atoms with Crippen LogP contribution in [0.15, 0.2) is 72.8 Å². The molecular weight excluding hydrogens is 725 g/mol. The van der Waals surface area contributed by atoms with Crippen LogP contribution in [-0.2, 0) is 22.6 Å². The van der Waals surface area contributed by atoms with Gasteiger partial charge in [0.25, 0.3) is 6.43 Å². The van der Waals surface area contributed by atoms with Crippen molar-refractivity contribution < 1.29 is 36.6 Å². The number of benzene rings is 2. The number of nitrogens with zero attached hydrogens (tertiary/aromatic N) is 6. The zero-order valence-corrected chi connectivity index (χ0v) is 29.9. The third-order valence-electron chi connectivity index (χ3n) is 9.56. The van der Waals surface area contributed by atoms with E-state index in [-0.39, 0.29) is 48.8 Å². The second kappa shape index (κ2) is 14.7. The van der Waals surface area contributed by atoms with Crippen molar-refractivity contribution in [3.63, 3.8) is 0 Å². The number of rotatable bonds is 4. The molecule has 2 bridgehead atoms. The fourth-order valence-corrected chi connectivity index (χ4v) is 8.01. The highest BCUT2D eigenvalue weighted by atomic mass is 32.1. The van der Waals surface area contributed by atoms with Crippen molar-refractivity contribution in [3.8, 4) is 45.3 Å². The van der Waals surface area contributed by atoms with Crippen molar-refractivity contribution in [1.29, 1.82) is 0 Å². The number of amides is 1. The molecule has 278 valence electrons. The SMILES string of the molecule is C=CC(=O)N1CCn2nc(-c3nc4c5ccsc5c3-c3c(F)cc(F)cc3OCCOCC/C=C/COc3cc5c(cnn5CC(F)F)cc3-4)cc2[C@@H]1C. The van der Waals surface area contributed by atoms with Gasteiger partial charge in [-0.3, -0.25) is 14.2 Å². The summed E-state index contributed by atoms with van der Waals surface area (Å²) in [5, 5.41) is 12.2. The van der Waals surface area contributed by atoms with Crippen molar-refractivity contribution in [2.45, 2.75) is 38.9 Å². The van der Waals surface area contributed by atoms with Crippen LogP contribution in [0.4, 0.5) is 17.6 Å². The molecule has 54 heavy (non-hydrogen) atoms. The lowest BCUT2D eigenvalue weighted by Crippen LogP contribution is -2.40. The number of hydrogen-bond donors (Lipinski definition) is 0. The Bertz CT molecular complexity index is 2440. The minimum atomic E-state index is -2.62. The standard InChI is InChI=1S/C39H34F4N6O4S/c1-3-34(50)47-8-9-48-29(22(47)2)18-28(46-48)38-36-35-27(41)16-24(40)17-32(35)53-13-12-51-10-5-4-6-11-52-31-19-30-23(20-44-49(30)21-33(42)43)15-26(31)37(45-38)25-7-14-54-39(25)36/h3-4,6-7,14-20,22,33H,1,5,8-13,21H2,2H3/b6-4+/t22-/m0/s1. The van der Waals surface area contributed by atoms with Crippen LogP contribution in [0.25, 0.3) is 54.8 Å². The zero-order valence-electron chi connectivity index (χ0n) is 29.1. The Balaban J connectivity index is 1.42. The number of carbonyl (C=O) groups is 1. The average Bonchev–Trinajstić information content (AvgIpc) is 3.90. The molecule has 0 aliphatic carbocycles. The first-order valence-electron chi connectivity index (χ1n) is 17.4. The monoisotopic (exact) mass is 758 g/mol. The minimum absolute atomic E-state index is 0.00429. The van der Waals surface area contributed by atoms with Gasteiger partial charge in [0.2, 0.25) is 5.91 Å². The maximum Gasteiger partial charge on any atom is 0.257 e. The smallest absolute Gasteiger partial charge is 0.257 e. The summed E-state index contributed by atoms with van der Waals surface area (Å²) < 4.78 is 80.1. The van der Waals surface area contributed by atoms with Crippen LogP contribution in [0.1, 0.15) is 25.1 Å². The summed E-state index contributed by atoms with van der Waals surface area (Å²) in [6.45, 7) is 6.47. The van der Waals surface area contributed by atoms with Crippen LogP contribution in [0, 0.1) is 11.6 Å². The highest BCUT2D eigenvalue weighted by Gasteiger charge is 2.32. The molecule has 8 rings (SSSR count). The summed E-state index contributed by atoms with van der Waals surface area (Å²) in [5.74, 6) is -1.54. The van der Waals surface area contributed by atoms with Crippen molar-refractivity contribution in [3.05, 3.63) is 90.1 Å². The van der Waals surface area contributed by atoms with Gasteiger partial charge in [0, 0.05) is 51.3 Å². The lowest BCUT2D eigenvalue weighted by Gasteiger charge is -2.33. The molecule has 6 heterocycles. The summed E-state index contributed by atoms with van der Waals surface area (Å²) >= 11 is 1.34. The molecule has 15 heteroatoms. The number of thiophene rings is 1. The van der Waals surface area contributed by atoms with Gasteiger partial charge in [-0.2, -0.15) is 10.2 Å². The molecule has 0 saturated carbocycles. The van der Waals surface area contributed by atoms with E-state index in [4.69, 9.17) is 24.3 Å². The molecule has 10 nitrogen and oxygen atoms in total. The van der Waals surface area contributed by atoms with E-state index in [1.807, 2.05) is 36.6 Å². The largest absolute Gasteiger partial charge is 0.490 e. The summed E-state index contributed by atoms with van der Waals surface area (Å²) in [4.78, 5) is 19.7. The number of pyridine rings is 1. The normalized spacial score (nSPS) is 17.0. The van der Waals surface area contributed by atoms with E-state index in [0.29, 0.717) is 75.4 Å². The second-order valence-electron chi connectivity index (χ2n) is 12.9. The first-order chi connectivity index (χ1) is 26.2. The summed E-state index contributed by atoms with van der Waals surface area (Å²) in [6.07, 6.45) is 4.48. The highest BCUT2D eigenvalue weighted by Crippen LogP contribution is 2.49. The summed E-state index contributed by atoms with van der Waals surface area (Å²) in [6, 6.07) is 8.75. The van der Waals surface area contributed by atoms with Crippen LogP contribution in [0.3, 0.4) is 0 Å². The van der Waals surface area contributed by atoms with Crippen LogP contribution >= 0.6 is 11.3 Å². The molecule has 2 aromatic carbocycles. The van der Waals surface area contributed by atoms with Crippen molar-refractivity contribution in [2.24, 2.45) is 0 Å². The Morgan fingerprint density at radius 1 is 1.04 bits per heavy atom. The lowest BCUT2D eigenvalue weighted by atomic mass is 9.95. The number of fused-ring (bicyclic) bond motifs is 6. The molecule has 4 aromatic heterocycles. The minimum Gasteiger partial charge on any atom is -0.490 e. The van der Waals surface area contributed by atoms with Gasteiger partial charge in [0.15, 0.2) is 0 Å². The lowest BCUT2D eigenvalue weighted by molar-refractivity contribution is -0.129. The third kappa shape index (κ3) is 6.51. The second-order valence-corrected chi connectivity index (χ2v) is 13.8. The van der Waals surface area contributed by atoms with Crippen molar-refractivity contribution in [1.82, 2.24) is 29.4 Å². The van der Waals surface area contributed by atoms with Gasteiger partial charge >= 0.3 is 0 Å². The Morgan fingerprint density at radius 2 is 1.91 bits per heavy atom. The number of hydrogen-bond acceptors (Lipinski definition) is 8. The van der Waals surface area contributed by atoms with Gasteiger partial charge in [-0.1, -0.05) is 18.7 Å². The molecule has 0 radical (unpaired) electrons. The summed E-state index contributed by atoms with van der Waals surface area (Å²) in [5.41, 5.74) is 3.22. The number of alkyl halides is 2. The number of aromatic nitrogens is 5. The van der Waals surface area contributed by atoms with E-state index >= 15 is 4.39 Å². The fourth-order valence-electron chi connectivity index (χ4n) is 7.07. The molecule has 0 saturated heterocycles. The Morgan fingerprint density at radius 3 is 2.74 bits per heavy atom. The van der Waals surface area contributed by atoms with Crippen LogP contribution in [-0.4, -0.2) is 74.7 Å². The predicted molar refractivity (Wildman–Crippen MR) is 197 cm³/mol. The van der Waals surface area contributed by atoms with E-state index in [1.54, 1.807) is 21.7 Å². The van der Waals surface area contributed by atoms with E-state index in [0.717, 1.165) is 17.8 Å². The number of carbonyl (C=O) groups excluding carboxylic acids is 1. The molecule has 0 N–H and O–H groups in total. The van der Waals surface area contributed by atoms with E-state index in [9.17, 15) is 18.0 Å². The summed E-state index contributed by atoms with van der Waals surface area (Å²) in [7, 11) is 0. The van der Waals surface area contributed by atoms with Crippen LogP contribution in [0.2, 0.25) is 0 Å².